The average molecular weight is 599 g/mol. The topological polar surface area (TPSA) is 9.23 Å². The molecule has 3 atom stereocenters. The van der Waals surface area contributed by atoms with Crippen LogP contribution in [0.3, 0.4) is 0 Å². The van der Waals surface area contributed by atoms with E-state index in [9.17, 15) is 13.2 Å². The van der Waals surface area contributed by atoms with Crippen LogP contribution < -0.4 is 0 Å². The number of benzene rings is 3. The highest BCUT2D eigenvalue weighted by molar-refractivity contribution is 5.72. The monoisotopic (exact) mass is 598 g/mol. The maximum Gasteiger partial charge on any atom is 0.523 e. The van der Waals surface area contributed by atoms with E-state index in [1.807, 2.05) is 6.92 Å². The zero-order valence-electron chi connectivity index (χ0n) is 23.6. The molecule has 1 fully saturated rings. The Kier molecular flexibility index (Phi) is 10.0. The quantitative estimate of drug-likeness (QED) is 0.128. The molecule has 0 bridgehead atoms. The number of unbranched alkanes of at least 4 members (excludes halogenated alkanes) is 2. The molecule has 3 unspecified atom stereocenters. The fourth-order valence-corrected chi connectivity index (χ4v) is 6.66. The molecule has 42 heavy (non-hydrogen) atoms. The Hall–Kier alpha value is -2.94. The highest BCUT2D eigenvalue weighted by Crippen LogP contribution is 2.53. The third-order valence-corrected chi connectivity index (χ3v) is 8.51. The molecule has 228 valence electrons. The van der Waals surface area contributed by atoms with Crippen molar-refractivity contribution < 1.29 is 39.9 Å². The van der Waals surface area contributed by atoms with Crippen LogP contribution in [0.1, 0.15) is 83.1 Å². The summed E-state index contributed by atoms with van der Waals surface area (Å²) in [4.78, 5) is 0. The average Bonchev–Trinajstić information content (AvgIpc) is 2.95. The van der Waals surface area contributed by atoms with Crippen LogP contribution in [0, 0.1) is 35.0 Å². The summed E-state index contributed by atoms with van der Waals surface area (Å²) in [6, 6.07) is 11.9. The minimum absolute atomic E-state index is 0.179. The first kappa shape index (κ1) is 32.0. The zero-order valence-corrected chi connectivity index (χ0v) is 23.6. The van der Waals surface area contributed by atoms with Gasteiger partial charge in [0.25, 0.3) is 0 Å². The van der Waals surface area contributed by atoms with E-state index in [2.05, 4.69) is 0 Å². The smallest absolute Gasteiger partial charge is 0.284 e. The van der Waals surface area contributed by atoms with E-state index in [1.54, 1.807) is 30.3 Å². The van der Waals surface area contributed by atoms with Gasteiger partial charge in [-0.3, -0.25) is 4.74 Å². The van der Waals surface area contributed by atoms with Crippen LogP contribution in [0.4, 0.5) is 35.1 Å². The standard InChI is InChI=1S/C33H34F8O/c1-3-5-7-14-22-15-10-11-18-32(22,42-33(39,40)41)24(4-2)27-30(37)28(35)26(29(36)31(27)38)23-17-16-21(19-25(23)34)20-12-8-6-9-13-20/h6,8-9,12-13,16-17,19,22,24H,3-5,7,10-11,14-15,18H2,1-2H3. The molecule has 0 aliphatic heterocycles. The fraction of sp³-hybridized carbons (Fsp3) is 0.455. The van der Waals surface area contributed by atoms with Gasteiger partial charge in [-0.25, -0.2) is 22.0 Å². The van der Waals surface area contributed by atoms with Crippen molar-refractivity contribution in [3.63, 3.8) is 0 Å². The Bertz CT molecular complexity index is 1340. The maximum absolute atomic E-state index is 15.9. The Morgan fingerprint density at radius 1 is 0.833 bits per heavy atom. The van der Waals surface area contributed by atoms with Crippen LogP contribution in [0.5, 0.6) is 0 Å². The SMILES string of the molecule is CCCCCC1CCCCC1(OC(F)(F)F)C(CC)c1c(F)c(F)c(-c2ccc(-c3ccccc3)cc2F)c(F)c1F. The van der Waals surface area contributed by atoms with E-state index in [-0.39, 0.29) is 12.8 Å². The van der Waals surface area contributed by atoms with Gasteiger partial charge in [-0.2, -0.15) is 0 Å². The van der Waals surface area contributed by atoms with E-state index in [4.69, 9.17) is 4.74 Å². The molecule has 0 spiro atoms. The van der Waals surface area contributed by atoms with Crippen molar-refractivity contribution in [2.75, 3.05) is 0 Å². The molecule has 9 heteroatoms. The van der Waals surface area contributed by atoms with Crippen LogP contribution in [0.2, 0.25) is 0 Å². The minimum Gasteiger partial charge on any atom is -0.284 e. The molecular formula is C33H34F8O. The van der Waals surface area contributed by atoms with Gasteiger partial charge in [0.1, 0.15) is 5.82 Å². The molecule has 4 rings (SSSR count). The first-order valence-electron chi connectivity index (χ1n) is 14.4. The normalized spacial score (nSPS) is 20.1. The third-order valence-electron chi connectivity index (χ3n) is 8.51. The Morgan fingerprint density at radius 2 is 1.50 bits per heavy atom. The highest BCUT2D eigenvalue weighted by atomic mass is 19.4. The van der Waals surface area contributed by atoms with Crippen molar-refractivity contribution in [2.45, 2.75) is 89.5 Å². The number of ether oxygens (including phenoxy) is 1. The molecule has 3 aromatic rings. The summed E-state index contributed by atoms with van der Waals surface area (Å²) >= 11 is 0. The molecule has 0 aromatic heterocycles. The summed E-state index contributed by atoms with van der Waals surface area (Å²) in [5, 5.41) is 0. The zero-order chi connectivity index (χ0) is 30.7. The summed E-state index contributed by atoms with van der Waals surface area (Å²) in [5.41, 5.74) is -4.24. The second-order valence-electron chi connectivity index (χ2n) is 11.0. The largest absolute Gasteiger partial charge is 0.523 e. The predicted molar refractivity (Wildman–Crippen MR) is 146 cm³/mol. The van der Waals surface area contributed by atoms with Crippen molar-refractivity contribution in [3.05, 3.63) is 83.2 Å². The summed E-state index contributed by atoms with van der Waals surface area (Å²) in [6.45, 7) is 3.35. The molecule has 1 aliphatic carbocycles. The van der Waals surface area contributed by atoms with Gasteiger partial charge in [0.15, 0.2) is 23.3 Å². The van der Waals surface area contributed by atoms with Crippen molar-refractivity contribution in [1.29, 1.82) is 0 Å². The van der Waals surface area contributed by atoms with Crippen LogP contribution in [-0.2, 0) is 4.74 Å². The number of hydrogen-bond donors (Lipinski definition) is 0. The number of alkyl halides is 3. The molecule has 0 N–H and O–H groups in total. The van der Waals surface area contributed by atoms with E-state index in [0.717, 1.165) is 25.0 Å². The first-order chi connectivity index (χ1) is 19.9. The Balaban J connectivity index is 1.85. The Morgan fingerprint density at radius 3 is 2.07 bits per heavy atom. The fourth-order valence-electron chi connectivity index (χ4n) is 6.66. The van der Waals surface area contributed by atoms with Gasteiger partial charge in [-0.1, -0.05) is 88.4 Å². The van der Waals surface area contributed by atoms with Crippen molar-refractivity contribution in [2.24, 2.45) is 5.92 Å². The second-order valence-corrected chi connectivity index (χ2v) is 11.0. The summed E-state index contributed by atoms with van der Waals surface area (Å²) in [7, 11) is 0. The molecule has 0 saturated heterocycles. The molecule has 0 radical (unpaired) electrons. The third kappa shape index (κ3) is 6.36. The van der Waals surface area contributed by atoms with Gasteiger partial charge < -0.3 is 0 Å². The first-order valence-corrected chi connectivity index (χ1v) is 14.4. The minimum atomic E-state index is -5.15. The predicted octanol–water partition coefficient (Wildman–Crippen LogP) is 11.3. The van der Waals surface area contributed by atoms with E-state index >= 15 is 22.0 Å². The van der Waals surface area contributed by atoms with E-state index < -0.39 is 69.6 Å². The van der Waals surface area contributed by atoms with Crippen LogP contribution in [0.25, 0.3) is 22.3 Å². The van der Waals surface area contributed by atoms with Gasteiger partial charge in [0.05, 0.1) is 11.2 Å². The van der Waals surface area contributed by atoms with Crippen molar-refractivity contribution >= 4 is 0 Å². The van der Waals surface area contributed by atoms with Crippen molar-refractivity contribution in [3.8, 4) is 22.3 Å². The van der Waals surface area contributed by atoms with Crippen molar-refractivity contribution in [1.82, 2.24) is 0 Å². The van der Waals surface area contributed by atoms with Gasteiger partial charge >= 0.3 is 6.36 Å². The van der Waals surface area contributed by atoms with Gasteiger partial charge in [0, 0.05) is 17.0 Å². The lowest BCUT2D eigenvalue weighted by Gasteiger charge is -2.49. The lowest BCUT2D eigenvalue weighted by Crippen LogP contribution is -2.52. The van der Waals surface area contributed by atoms with Crippen LogP contribution in [0.15, 0.2) is 48.5 Å². The van der Waals surface area contributed by atoms with Crippen LogP contribution in [-0.4, -0.2) is 12.0 Å². The molecule has 1 aliphatic rings. The summed E-state index contributed by atoms with van der Waals surface area (Å²) < 4.78 is 125. The summed E-state index contributed by atoms with van der Waals surface area (Å²) in [5.74, 6) is -10.9. The lowest BCUT2D eigenvalue weighted by atomic mass is 9.63. The van der Waals surface area contributed by atoms with E-state index in [0.29, 0.717) is 43.2 Å². The van der Waals surface area contributed by atoms with Gasteiger partial charge in [-0.15, -0.1) is 13.2 Å². The lowest BCUT2D eigenvalue weighted by molar-refractivity contribution is -0.384. The van der Waals surface area contributed by atoms with E-state index in [1.165, 1.54) is 13.0 Å². The summed E-state index contributed by atoms with van der Waals surface area (Å²) in [6.07, 6.45) is -1.96. The number of rotatable bonds is 10. The van der Waals surface area contributed by atoms with Gasteiger partial charge in [0.2, 0.25) is 0 Å². The number of hydrogen-bond acceptors (Lipinski definition) is 1. The molecule has 0 amide bonds. The molecule has 3 aromatic carbocycles. The highest BCUT2D eigenvalue weighted by Gasteiger charge is 2.55. The second kappa shape index (κ2) is 13.1. The van der Waals surface area contributed by atoms with Gasteiger partial charge in [-0.05, 0) is 48.8 Å². The Labute approximate surface area is 240 Å². The molecule has 1 saturated carbocycles. The maximum atomic E-state index is 15.9. The molecule has 1 nitrogen and oxygen atoms in total. The molecular weight excluding hydrogens is 564 g/mol. The van der Waals surface area contributed by atoms with Crippen LogP contribution >= 0.6 is 0 Å². The number of halogens is 8. The molecule has 0 heterocycles.